The number of amides is 1. The molecule has 156 valence electrons. The fourth-order valence-corrected chi connectivity index (χ4v) is 3.83. The van der Waals surface area contributed by atoms with Crippen LogP contribution in [-0.2, 0) is 10.0 Å². The summed E-state index contributed by atoms with van der Waals surface area (Å²) in [4.78, 5) is 12.7. The van der Waals surface area contributed by atoms with E-state index in [4.69, 9.17) is 9.47 Å². The van der Waals surface area contributed by atoms with Crippen LogP contribution in [0.1, 0.15) is 10.4 Å². The molecule has 3 aromatic carbocycles. The number of nitrogens with one attached hydrogen (secondary N) is 2. The molecule has 0 aromatic heterocycles. The number of hydrogen-bond donors (Lipinski definition) is 2. The minimum absolute atomic E-state index is 0.116. The van der Waals surface area contributed by atoms with Crippen molar-refractivity contribution in [1.82, 2.24) is 5.32 Å². The molecular formula is C22H22N2O5S. The van der Waals surface area contributed by atoms with Gasteiger partial charge in [0.05, 0.1) is 29.8 Å². The largest absolute Gasteiger partial charge is 0.493 e. The molecule has 0 unspecified atom stereocenters. The van der Waals surface area contributed by atoms with Gasteiger partial charge in [-0.3, -0.25) is 9.52 Å². The number of rotatable bonds is 9. The van der Waals surface area contributed by atoms with E-state index >= 15 is 0 Å². The van der Waals surface area contributed by atoms with Crippen LogP contribution >= 0.6 is 0 Å². The Bertz CT molecular complexity index is 1100. The summed E-state index contributed by atoms with van der Waals surface area (Å²) in [7, 11) is -2.25. The Morgan fingerprint density at radius 3 is 2.23 bits per heavy atom. The molecule has 0 saturated carbocycles. The van der Waals surface area contributed by atoms with Gasteiger partial charge in [0, 0.05) is 0 Å². The fraction of sp³-hybridized carbons (Fsp3) is 0.136. The summed E-state index contributed by atoms with van der Waals surface area (Å²) in [6.07, 6.45) is 0. The lowest BCUT2D eigenvalue weighted by Crippen LogP contribution is -2.29. The first-order chi connectivity index (χ1) is 14.5. The van der Waals surface area contributed by atoms with Gasteiger partial charge in [0.15, 0.2) is 11.5 Å². The van der Waals surface area contributed by atoms with Crippen LogP contribution < -0.4 is 19.5 Å². The van der Waals surface area contributed by atoms with Gasteiger partial charge in [-0.15, -0.1) is 0 Å². The van der Waals surface area contributed by atoms with Gasteiger partial charge in [-0.2, -0.15) is 0 Å². The highest BCUT2D eigenvalue weighted by Crippen LogP contribution is 2.25. The Morgan fingerprint density at radius 1 is 0.867 bits per heavy atom. The Hall–Kier alpha value is -3.52. The first-order valence-corrected chi connectivity index (χ1v) is 10.7. The molecule has 0 aliphatic heterocycles. The van der Waals surface area contributed by atoms with Gasteiger partial charge in [0.2, 0.25) is 0 Å². The summed E-state index contributed by atoms with van der Waals surface area (Å²) < 4.78 is 38.5. The van der Waals surface area contributed by atoms with Gasteiger partial charge in [0.1, 0.15) is 6.61 Å². The Kier molecular flexibility index (Phi) is 6.92. The number of hydrogen-bond acceptors (Lipinski definition) is 5. The highest BCUT2D eigenvalue weighted by molar-refractivity contribution is 7.92. The molecule has 0 aliphatic carbocycles. The van der Waals surface area contributed by atoms with Crippen molar-refractivity contribution in [1.29, 1.82) is 0 Å². The van der Waals surface area contributed by atoms with E-state index in [-0.39, 0.29) is 29.3 Å². The quantitative estimate of drug-likeness (QED) is 0.512. The van der Waals surface area contributed by atoms with Crippen LogP contribution in [0.4, 0.5) is 5.69 Å². The Labute approximate surface area is 175 Å². The standard InChI is InChI=1S/C22H22N2O5S/c1-28-20-13-7-8-14-21(20)29-16-15-23-22(25)18-11-5-6-12-19(18)24-30(26,27)17-9-3-2-4-10-17/h2-14,24H,15-16H2,1H3,(H,23,25). The molecule has 30 heavy (non-hydrogen) atoms. The molecule has 2 N–H and O–H groups in total. The van der Waals surface area contributed by atoms with Gasteiger partial charge >= 0.3 is 0 Å². The van der Waals surface area contributed by atoms with E-state index in [1.807, 2.05) is 12.1 Å². The van der Waals surface area contributed by atoms with E-state index in [1.165, 1.54) is 12.1 Å². The predicted octanol–water partition coefficient (Wildman–Crippen LogP) is 3.30. The summed E-state index contributed by atoms with van der Waals surface area (Å²) in [6, 6.07) is 21.6. The molecule has 0 aliphatic rings. The predicted molar refractivity (Wildman–Crippen MR) is 115 cm³/mol. The van der Waals surface area contributed by atoms with Gasteiger partial charge < -0.3 is 14.8 Å². The summed E-state index contributed by atoms with van der Waals surface area (Å²) in [6.45, 7) is 0.459. The highest BCUT2D eigenvalue weighted by atomic mass is 32.2. The average Bonchev–Trinajstić information content (AvgIpc) is 2.77. The van der Waals surface area contributed by atoms with Crippen molar-refractivity contribution in [2.45, 2.75) is 4.90 Å². The van der Waals surface area contributed by atoms with Crippen molar-refractivity contribution in [3.8, 4) is 11.5 Å². The monoisotopic (exact) mass is 426 g/mol. The van der Waals surface area contributed by atoms with Crippen LogP contribution in [-0.4, -0.2) is 34.6 Å². The number of sulfonamides is 1. The number of para-hydroxylation sites is 3. The van der Waals surface area contributed by atoms with Crippen LogP contribution in [0, 0.1) is 0 Å². The van der Waals surface area contributed by atoms with Gasteiger partial charge in [-0.1, -0.05) is 42.5 Å². The van der Waals surface area contributed by atoms with Gasteiger partial charge in [-0.25, -0.2) is 8.42 Å². The first-order valence-electron chi connectivity index (χ1n) is 9.22. The van der Waals surface area contributed by atoms with Crippen molar-refractivity contribution < 1.29 is 22.7 Å². The molecule has 0 bridgehead atoms. The van der Waals surface area contributed by atoms with Gasteiger partial charge in [0.25, 0.3) is 15.9 Å². The summed E-state index contributed by atoms with van der Waals surface area (Å²) >= 11 is 0. The smallest absolute Gasteiger partial charge is 0.261 e. The molecular weight excluding hydrogens is 404 g/mol. The lowest BCUT2D eigenvalue weighted by molar-refractivity contribution is 0.0947. The van der Waals surface area contributed by atoms with Crippen molar-refractivity contribution in [3.63, 3.8) is 0 Å². The third-order valence-electron chi connectivity index (χ3n) is 4.18. The van der Waals surface area contributed by atoms with E-state index in [2.05, 4.69) is 10.0 Å². The van der Waals surface area contributed by atoms with Gasteiger partial charge in [-0.05, 0) is 36.4 Å². The van der Waals surface area contributed by atoms with Crippen LogP contribution in [0.15, 0.2) is 83.8 Å². The maximum atomic E-state index is 12.6. The number of carbonyl (C=O) groups excluding carboxylic acids is 1. The minimum atomic E-state index is -3.81. The Balaban J connectivity index is 1.63. The molecule has 1 amide bonds. The van der Waals surface area contributed by atoms with Crippen molar-refractivity contribution >= 4 is 21.6 Å². The topological polar surface area (TPSA) is 93.7 Å². The van der Waals surface area contributed by atoms with Crippen molar-refractivity contribution in [2.24, 2.45) is 0 Å². The molecule has 0 heterocycles. The van der Waals surface area contributed by atoms with Crippen LogP contribution in [0.2, 0.25) is 0 Å². The van der Waals surface area contributed by atoms with Crippen molar-refractivity contribution in [2.75, 3.05) is 25.0 Å². The zero-order chi connectivity index (χ0) is 21.4. The normalized spacial score (nSPS) is 10.8. The number of benzene rings is 3. The van der Waals surface area contributed by atoms with Crippen LogP contribution in [0.3, 0.4) is 0 Å². The molecule has 0 saturated heterocycles. The number of carbonyl (C=O) groups is 1. The van der Waals surface area contributed by atoms with E-state index in [0.29, 0.717) is 11.5 Å². The summed E-state index contributed by atoms with van der Waals surface area (Å²) in [5.41, 5.74) is 0.416. The molecule has 0 radical (unpaired) electrons. The molecule has 7 nitrogen and oxygen atoms in total. The SMILES string of the molecule is COc1ccccc1OCCNC(=O)c1ccccc1NS(=O)(=O)c1ccccc1. The first kappa shape index (κ1) is 21.2. The van der Waals surface area contributed by atoms with Crippen LogP contribution in [0.25, 0.3) is 0 Å². The average molecular weight is 426 g/mol. The molecule has 0 atom stereocenters. The maximum absolute atomic E-state index is 12.6. The third-order valence-corrected chi connectivity index (χ3v) is 5.57. The zero-order valence-corrected chi connectivity index (χ0v) is 17.2. The lowest BCUT2D eigenvalue weighted by Gasteiger charge is -2.13. The molecule has 0 spiro atoms. The maximum Gasteiger partial charge on any atom is 0.261 e. The van der Waals surface area contributed by atoms with E-state index in [9.17, 15) is 13.2 Å². The molecule has 8 heteroatoms. The lowest BCUT2D eigenvalue weighted by atomic mass is 10.1. The zero-order valence-electron chi connectivity index (χ0n) is 16.4. The summed E-state index contributed by atoms with van der Waals surface area (Å²) in [5.74, 6) is 0.764. The number of methoxy groups -OCH3 is 1. The second-order valence-electron chi connectivity index (χ2n) is 6.22. The molecule has 3 aromatic rings. The second-order valence-corrected chi connectivity index (χ2v) is 7.90. The van der Waals surface area contributed by atoms with E-state index in [0.717, 1.165) is 0 Å². The number of anilines is 1. The third kappa shape index (κ3) is 5.30. The Morgan fingerprint density at radius 2 is 1.50 bits per heavy atom. The van der Waals surface area contributed by atoms with E-state index < -0.39 is 15.9 Å². The summed E-state index contributed by atoms with van der Waals surface area (Å²) in [5, 5.41) is 2.73. The van der Waals surface area contributed by atoms with E-state index in [1.54, 1.807) is 61.7 Å². The highest BCUT2D eigenvalue weighted by Gasteiger charge is 2.18. The van der Waals surface area contributed by atoms with Crippen LogP contribution in [0.5, 0.6) is 11.5 Å². The second kappa shape index (κ2) is 9.80. The molecule has 3 rings (SSSR count). The minimum Gasteiger partial charge on any atom is -0.493 e. The fourth-order valence-electron chi connectivity index (χ4n) is 2.73. The molecule has 0 fully saturated rings. The van der Waals surface area contributed by atoms with Crippen molar-refractivity contribution in [3.05, 3.63) is 84.4 Å². The number of ether oxygens (including phenoxy) is 2.